The Morgan fingerprint density at radius 2 is 1.92 bits per heavy atom. The van der Waals surface area contributed by atoms with Crippen molar-refractivity contribution >= 4 is 44.2 Å². The zero-order chi connectivity index (χ0) is 26.2. The predicted octanol–water partition coefficient (Wildman–Crippen LogP) is 3.73. The minimum Gasteiger partial charge on any atom is -0.382 e. The molecule has 5 aromatic rings. The fourth-order valence-electron chi connectivity index (χ4n) is 4.93. The third kappa shape index (κ3) is 4.62. The van der Waals surface area contributed by atoms with Crippen LogP contribution in [-0.2, 0) is 9.47 Å². The topological polar surface area (TPSA) is 134 Å². The average molecular weight is 533 g/mol. The smallest absolute Gasteiger partial charge is 0.261 e. The molecule has 0 amide bonds. The average Bonchev–Trinajstić information content (AvgIpc) is 3.54. The standard InChI is InChI=1S/C26H28N8O3S/c1-14-11-34(12-15(2)37-14)19-6-5-17-24(32-19)33-25(30-17)20-21(22-16(7-10-38-22)31-26(20)35)29-18(13-36-3)23-27-8-4-9-28-23/h4-10,14-15,18H,11-13H2,1-3H3,(H2,29,31,35)(H,30,32,33)/t14-,15?,18?/m1/s1. The second kappa shape index (κ2) is 10.1. The van der Waals surface area contributed by atoms with Gasteiger partial charge < -0.3 is 29.7 Å². The van der Waals surface area contributed by atoms with Crippen LogP contribution in [0.1, 0.15) is 25.7 Å². The van der Waals surface area contributed by atoms with Crippen LogP contribution in [0, 0.1) is 0 Å². The van der Waals surface area contributed by atoms with Gasteiger partial charge in [-0.1, -0.05) is 0 Å². The lowest BCUT2D eigenvalue weighted by Crippen LogP contribution is -2.45. The van der Waals surface area contributed by atoms with Gasteiger partial charge in [-0.3, -0.25) is 4.79 Å². The van der Waals surface area contributed by atoms with Gasteiger partial charge in [0.1, 0.15) is 23.2 Å². The Kier molecular flexibility index (Phi) is 6.52. The van der Waals surface area contributed by atoms with Gasteiger partial charge in [-0.2, -0.15) is 0 Å². The lowest BCUT2D eigenvalue weighted by atomic mass is 10.1. The van der Waals surface area contributed by atoms with E-state index in [0.717, 1.165) is 34.6 Å². The van der Waals surface area contributed by atoms with Crippen LogP contribution in [0.4, 0.5) is 11.5 Å². The summed E-state index contributed by atoms with van der Waals surface area (Å²) in [4.78, 5) is 40.3. The van der Waals surface area contributed by atoms with Gasteiger partial charge >= 0.3 is 0 Å². The number of anilines is 2. The van der Waals surface area contributed by atoms with Gasteiger partial charge in [0.25, 0.3) is 5.56 Å². The highest BCUT2D eigenvalue weighted by Crippen LogP contribution is 2.36. The van der Waals surface area contributed by atoms with Crippen LogP contribution in [0.15, 0.2) is 46.8 Å². The molecule has 0 radical (unpaired) electrons. The first-order valence-corrected chi connectivity index (χ1v) is 13.3. The van der Waals surface area contributed by atoms with Crippen molar-refractivity contribution in [2.24, 2.45) is 0 Å². The number of fused-ring (bicyclic) bond motifs is 2. The highest BCUT2D eigenvalue weighted by molar-refractivity contribution is 7.17. The van der Waals surface area contributed by atoms with Crippen molar-refractivity contribution in [1.82, 2.24) is 29.9 Å². The van der Waals surface area contributed by atoms with Gasteiger partial charge in [-0.15, -0.1) is 11.3 Å². The van der Waals surface area contributed by atoms with E-state index in [1.165, 1.54) is 11.3 Å². The van der Waals surface area contributed by atoms with Crippen molar-refractivity contribution in [3.63, 3.8) is 0 Å². The summed E-state index contributed by atoms with van der Waals surface area (Å²) >= 11 is 1.53. The normalized spacial score (nSPS) is 18.8. The van der Waals surface area contributed by atoms with Crippen LogP contribution in [0.2, 0.25) is 0 Å². The molecule has 2 unspecified atom stereocenters. The number of morpholine rings is 1. The Morgan fingerprint density at radius 3 is 2.68 bits per heavy atom. The van der Waals surface area contributed by atoms with Crippen molar-refractivity contribution in [2.45, 2.75) is 32.1 Å². The van der Waals surface area contributed by atoms with E-state index in [4.69, 9.17) is 19.4 Å². The minimum atomic E-state index is -0.383. The molecule has 196 valence electrons. The molecule has 5 aromatic heterocycles. The number of rotatable bonds is 7. The lowest BCUT2D eigenvalue weighted by molar-refractivity contribution is -0.00544. The van der Waals surface area contributed by atoms with E-state index in [2.05, 4.69) is 44.0 Å². The van der Waals surface area contributed by atoms with E-state index in [1.54, 1.807) is 25.6 Å². The monoisotopic (exact) mass is 532 g/mol. The number of thiophene rings is 1. The molecule has 12 heteroatoms. The summed E-state index contributed by atoms with van der Waals surface area (Å²) in [6.45, 7) is 5.95. The largest absolute Gasteiger partial charge is 0.382 e. The summed E-state index contributed by atoms with van der Waals surface area (Å²) in [7, 11) is 1.62. The van der Waals surface area contributed by atoms with E-state index in [-0.39, 0.29) is 23.8 Å². The summed E-state index contributed by atoms with van der Waals surface area (Å²) in [5.41, 5.74) is 2.80. The third-order valence-electron chi connectivity index (χ3n) is 6.48. The first-order chi connectivity index (χ1) is 18.5. The molecule has 1 aliphatic rings. The summed E-state index contributed by atoms with van der Waals surface area (Å²) in [5, 5.41) is 5.43. The molecule has 3 N–H and O–H groups in total. The highest BCUT2D eigenvalue weighted by atomic mass is 32.1. The number of H-pyrrole nitrogens is 2. The summed E-state index contributed by atoms with van der Waals surface area (Å²) in [6.07, 6.45) is 3.60. The number of nitrogens with one attached hydrogen (secondary N) is 3. The Balaban J connectivity index is 1.44. The quantitative estimate of drug-likeness (QED) is 0.287. The van der Waals surface area contributed by atoms with E-state index >= 15 is 0 Å². The van der Waals surface area contributed by atoms with Crippen molar-refractivity contribution < 1.29 is 9.47 Å². The zero-order valence-corrected chi connectivity index (χ0v) is 22.1. The molecule has 6 heterocycles. The molecule has 3 atom stereocenters. The number of aromatic nitrogens is 6. The van der Waals surface area contributed by atoms with Crippen LogP contribution < -0.4 is 15.8 Å². The number of aromatic amines is 2. The number of ether oxygens (including phenoxy) is 2. The van der Waals surface area contributed by atoms with Crippen LogP contribution >= 0.6 is 11.3 Å². The van der Waals surface area contributed by atoms with Gasteiger partial charge in [-0.05, 0) is 43.5 Å². The lowest BCUT2D eigenvalue weighted by Gasteiger charge is -2.36. The number of methoxy groups -OCH3 is 1. The summed E-state index contributed by atoms with van der Waals surface area (Å²) in [5.74, 6) is 1.83. The first kappa shape index (κ1) is 24.5. The van der Waals surface area contributed by atoms with E-state index < -0.39 is 0 Å². The van der Waals surface area contributed by atoms with Gasteiger partial charge in [0.05, 0.1) is 40.2 Å². The van der Waals surface area contributed by atoms with Crippen molar-refractivity contribution in [3.8, 4) is 11.4 Å². The number of pyridine rings is 2. The van der Waals surface area contributed by atoms with E-state index in [0.29, 0.717) is 35.2 Å². The summed E-state index contributed by atoms with van der Waals surface area (Å²) < 4.78 is 12.2. The molecule has 1 saturated heterocycles. The predicted molar refractivity (Wildman–Crippen MR) is 148 cm³/mol. The molecule has 0 saturated carbocycles. The van der Waals surface area contributed by atoms with Crippen molar-refractivity contribution in [3.05, 3.63) is 58.2 Å². The number of imidazole rings is 1. The van der Waals surface area contributed by atoms with Gasteiger partial charge in [-0.25, -0.2) is 19.9 Å². The second-order valence-corrected chi connectivity index (χ2v) is 10.3. The number of hydrogen-bond acceptors (Lipinski definition) is 10. The number of hydrogen-bond donors (Lipinski definition) is 3. The Labute approximate surface area is 222 Å². The Bertz CT molecular complexity index is 1620. The van der Waals surface area contributed by atoms with E-state index in [1.807, 2.05) is 23.6 Å². The Hall–Kier alpha value is -3.87. The van der Waals surface area contributed by atoms with E-state index in [9.17, 15) is 4.79 Å². The molecule has 6 rings (SSSR count). The van der Waals surface area contributed by atoms with Crippen LogP contribution in [-0.4, -0.2) is 68.9 Å². The molecule has 38 heavy (non-hydrogen) atoms. The third-order valence-corrected chi connectivity index (χ3v) is 7.41. The summed E-state index contributed by atoms with van der Waals surface area (Å²) in [6, 6.07) is 7.19. The minimum absolute atomic E-state index is 0.115. The fraction of sp³-hybridized carbons (Fsp3) is 0.346. The SMILES string of the molecule is COCC(Nc1c(-c2nc3nc(N4CC(C)O[C@H](C)C4)ccc3[nH]2)c(=O)[nH]c2ccsc12)c1ncccn1. The number of nitrogens with zero attached hydrogens (tertiary/aromatic N) is 5. The van der Waals surface area contributed by atoms with Crippen LogP contribution in [0.25, 0.3) is 32.8 Å². The molecular weight excluding hydrogens is 504 g/mol. The molecule has 0 aliphatic carbocycles. The zero-order valence-electron chi connectivity index (χ0n) is 21.3. The fourth-order valence-corrected chi connectivity index (χ4v) is 5.80. The van der Waals surface area contributed by atoms with Crippen LogP contribution in [0.3, 0.4) is 0 Å². The molecule has 1 fully saturated rings. The molecular formula is C26H28N8O3S. The molecule has 0 aromatic carbocycles. The molecule has 1 aliphatic heterocycles. The maximum atomic E-state index is 13.4. The van der Waals surface area contributed by atoms with Gasteiger partial charge in [0, 0.05) is 32.6 Å². The van der Waals surface area contributed by atoms with Crippen molar-refractivity contribution in [2.75, 3.05) is 37.0 Å². The molecule has 0 spiro atoms. The van der Waals surface area contributed by atoms with Crippen LogP contribution in [0.5, 0.6) is 0 Å². The maximum Gasteiger partial charge on any atom is 0.261 e. The highest BCUT2D eigenvalue weighted by Gasteiger charge is 2.25. The molecule has 11 nitrogen and oxygen atoms in total. The second-order valence-electron chi connectivity index (χ2n) is 9.42. The Morgan fingerprint density at radius 1 is 1.13 bits per heavy atom. The molecule has 0 bridgehead atoms. The van der Waals surface area contributed by atoms with Gasteiger partial charge in [0.15, 0.2) is 11.5 Å². The van der Waals surface area contributed by atoms with Gasteiger partial charge in [0.2, 0.25) is 0 Å². The first-order valence-electron chi connectivity index (χ1n) is 12.4. The van der Waals surface area contributed by atoms with Crippen molar-refractivity contribution in [1.29, 1.82) is 0 Å². The maximum absolute atomic E-state index is 13.4.